The van der Waals surface area contributed by atoms with Gasteiger partial charge < -0.3 is 4.90 Å². The van der Waals surface area contributed by atoms with E-state index in [1.807, 2.05) is 0 Å². The van der Waals surface area contributed by atoms with Crippen LogP contribution in [-0.2, 0) is 0 Å². The molecule has 0 amide bonds. The van der Waals surface area contributed by atoms with Gasteiger partial charge in [0.2, 0.25) is 0 Å². The number of hydrogen-bond acceptors (Lipinski definition) is 1. The van der Waals surface area contributed by atoms with Gasteiger partial charge in [-0.05, 0) is 38.9 Å². The van der Waals surface area contributed by atoms with Crippen molar-refractivity contribution >= 4 is 0 Å². The van der Waals surface area contributed by atoms with Gasteiger partial charge in [0.1, 0.15) is 0 Å². The summed E-state index contributed by atoms with van der Waals surface area (Å²) < 4.78 is 0. The molecule has 0 atom stereocenters. The maximum absolute atomic E-state index is 2.73. The van der Waals surface area contributed by atoms with Crippen molar-refractivity contribution in [3.8, 4) is 0 Å². The zero-order valence-electron chi connectivity index (χ0n) is 14.8. The first-order valence-corrected chi connectivity index (χ1v) is 9.57. The second kappa shape index (κ2) is 17.0. The second-order valence-electron chi connectivity index (χ2n) is 6.38. The maximum atomic E-state index is 2.73. The molecule has 0 fully saturated rings. The Kier molecular flexibility index (Phi) is 17.0. The quantitative estimate of drug-likeness (QED) is 0.295. The third-order valence-electron chi connectivity index (χ3n) is 4.23. The van der Waals surface area contributed by atoms with Gasteiger partial charge in [0.05, 0.1) is 0 Å². The lowest BCUT2D eigenvalue weighted by molar-refractivity contribution is 0.255. The van der Waals surface area contributed by atoms with E-state index in [2.05, 4.69) is 25.7 Å². The first kappa shape index (κ1) is 20.0. The lowest BCUT2D eigenvalue weighted by Gasteiger charge is -2.22. The van der Waals surface area contributed by atoms with Crippen LogP contribution in [0.4, 0.5) is 0 Å². The molecule has 0 saturated heterocycles. The molecular formula is C19H41N. The fourth-order valence-electron chi connectivity index (χ4n) is 2.80. The zero-order chi connectivity index (χ0) is 14.9. The van der Waals surface area contributed by atoms with E-state index in [9.17, 15) is 0 Å². The largest absolute Gasteiger partial charge is 0.303 e. The van der Waals surface area contributed by atoms with Crippen LogP contribution in [0.25, 0.3) is 0 Å². The molecule has 0 aromatic heterocycles. The molecule has 20 heavy (non-hydrogen) atoms. The van der Waals surface area contributed by atoms with Crippen LogP contribution in [0.2, 0.25) is 0 Å². The van der Waals surface area contributed by atoms with Crippen LogP contribution in [0, 0.1) is 0 Å². The summed E-state index contributed by atoms with van der Waals surface area (Å²) in [7, 11) is 0. The molecule has 0 bridgehead atoms. The van der Waals surface area contributed by atoms with Gasteiger partial charge in [-0.2, -0.15) is 0 Å². The Morgan fingerprint density at radius 3 is 1.15 bits per heavy atom. The fourth-order valence-corrected chi connectivity index (χ4v) is 2.80. The van der Waals surface area contributed by atoms with Gasteiger partial charge in [0.25, 0.3) is 0 Å². The molecule has 0 aliphatic rings. The van der Waals surface area contributed by atoms with Crippen molar-refractivity contribution in [1.82, 2.24) is 4.90 Å². The van der Waals surface area contributed by atoms with Crippen molar-refractivity contribution in [3.63, 3.8) is 0 Å². The Bertz CT molecular complexity index is 157. The number of rotatable bonds is 16. The summed E-state index contributed by atoms with van der Waals surface area (Å²) in [6.07, 6.45) is 18.3. The van der Waals surface area contributed by atoms with Crippen LogP contribution >= 0.6 is 0 Å². The van der Waals surface area contributed by atoms with Crippen LogP contribution in [0.5, 0.6) is 0 Å². The Balaban J connectivity index is 3.56. The van der Waals surface area contributed by atoms with Crippen molar-refractivity contribution in [2.24, 2.45) is 0 Å². The Labute approximate surface area is 129 Å². The van der Waals surface area contributed by atoms with Crippen molar-refractivity contribution < 1.29 is 0 Å². The minimum atomic E-state index is 1.34. The highest BCUT2D eigenvalue weighted by molar-refractivity contribution is 4.59. The van der Waals surface area contributed by atoms with E-state index in [0.29, 0.717) is 0 Å². The van der Waals surface area contributed by atoms with Crippen LogP contribution in [0.15, 0.2) is 0 Å². The third kappa shape index (κ3) is 14.4. The van der Waals surface area contributed by atoms with Gasteiger partial charge in [-0.3, -0.25) is 0 Å². The summed E-state index contributed by atoms with van der Waals surface area (Å²) in [4.78, 5) is 2.73. The van der Waals surface area contributed by atoms with E-state index in [0.717, 1.165) is 0 Å². The van der Waals surface area contributed by atoms with Gasteiger partial charge in [0.15, 0.2) is 0 Å². The molecule has 0 N–H and O–H groups in total. The highest BCUT2D eigenvalue weighted by atomic mass is 15.1. The van der Waals surface area contributed by atoms with E-state index in [4.69, 9.17) is 0 Å². The summed E-state index contributed by atoms with van der Waals surface area (Å²) in [5.74, 6) is 0. The molecule has 0 aliphatic heterocycles. The molecule has 0 aliphatic carbocycles. The van der Waals surface area contributed by atoms with Gasteiger partial charge in [0, 0.05) is 0 Å². The second-order valence-corrected chi connectivity index (χ2v) is 6.38. The highest BCUT2D eigenvalue weighted by Crippen LogP contribution is 2.09. The molecule has 0 saturated carbocycles. The molecule has 0 unspecified atom stereocenters. The SMILES string of the molecule is CCCCCCCCCN(CCCCC)CCCCC. The molecule has 0 aromatic carbocycles. The molecule has 0 spiro atoms. The van der Waals surface area contributed by atoms with E-state index in [1.165, 1.54) is 103 Å². The molecule has 1 heteroatoms. The molecule has 1 nitrogen and oxygen atoms in total. The van der Waals surface area contributed by atoms with Gasteiger partial charge in [-0.1, -0.05) is 85.0 Å². The van der Waals surface area contributed by atoms with E-state index < -0.39 is 0 Å². The first-order valence-electron chi connectivity index (χ1n) is 9.57. The smallest absolute Gasteiger partial charge is 0.00187 e. The standard InChI is InChI=1S/C19H41N/c1-4-7-10-11-12-13-16-19-20(17-14-8-5-2)18-15-9-6-3/h4-19H2,1-3H3. The molecule has 0 rings (SSSR count). The van der Waals surface area contributed by atoms with Crippen molar-refractivity contribution in [3.05, 3.63) is 0 Å². The van der Waals surface area contributed by atoms with Crippen LogP contribution in [0.3, 0.4) is 0 Å². The third-order valence-corrected chi connectivity index (χ3v) is 4.23. The average molecular weight is 284 g/mol. The minimum Gasteiger partial charge on any atom is -0.303 e. The van der Waals surface area contributed by atoms with Crippen molar-refractivity contribution in [2.75, 3.05) is 19.6 Å². The van der Waals surface area contributed by atoms with Gasteiger partial charge in [-0.25, -0.2) is 0 Å². The zero-order valence-corrected chi connectivity index (χ0v) is 14.8. The maximum Gasteiger partial charge on any atom is -0.00187 e. The van der Waals surface area contributed by atoms with Crippen LogP contribution in [0.1, 0.15) is 104 Å². The number of unbranched alkanes of at least 4 members (excludes halogenated alkanes) is 10. The highest BCUT2D eigenvalue weighted by Gasteiger charge is 2.04. The molecule has 0 aromatic rings. The molecular weight excluding hydrogens is 242 g/mol. The summed E-state index contributed by atoms with van der Waals surface area (Å²) in [6, 6.07) is 0. The normalized spacial score (nSPS) is 11.4. The average Bonchev–Trinajstić information content (AvgIpc) is 2.46. The summed E-state index contributed by atoms with van der Waals surface area (Å²) in [5.41, 5.74) is 0. The Morgan fingerprint density at radius 2 is 0.700 bits per heavy atom. The monoisotopic (exact) mass is 283 g/mol. The first-order chi connectivity index (χ1) is 9.85. The number of nitrogens with zero attached hydrogens (tertiary/aromatic N) is 1. The topological polar surface area (TPSA) is 3.24 Å². The summed E-state index contributed by atoms with van der Waals surface area (Å²) in [5, 5.41) is 0. The van der Waals surface area contributed by atoms with Gasteiger partial charge in [-0.15, -0.1) is 0 Å². The van der Waals surface area contributed by atoms with E-state index in [1.54, 1.807) is 0 Å². The summed E-state index contributed by atoms with van der Waals surface area (Å²) >= 11 is 0. The van der Waals surface area contributed by atoms with Crippen molar-refractivity contribution in [1.29, 1.82) is 0 Å². The van der Waals surface area contributed by atoms with Gasteiger partial charge >= 0.3 is 0 Å². The van der Waals surface area contributed by atoms with Crippen molar-refractivity contribution in [2.45, 2.75) is 104 Å². The lowest BCUT2D eigenvalue weighted by Crippen LogP contribution is -2.27. The van der Waals surface area contributed by atoms with E-state index >= 15 is 0 Å². The Morgan fingerprint density at radius 1 is 0.400 bits per heavy atom. The predicted octanol–water partition coefficient (Wildman–Crippen LogP) is 6.42. The molecule has 0 heterocycles. The molecule has 0 radical (unpaired) electrons. The predicted molar refractivity (Wildman–Crippen MR) is 93.5 cm³/mol. The van der Waals surface area contributed by atoms with E-state index in [-0.39, 0.29) is 0 Å². The summed E-state index contributed by atoms with van der Waals surface area (Å²) in [6.45, 7) is 10.9. The van der Waals surface area contributed by atoms with Crippen LogP contribution in [-0.4, -0.2) is 24.5 Å². The van der Waals surface area contributed by atoms with Crippen LogP contribution < -0.4 is 0 Å². The minimum absolute atomic E-state index is 1.34. The lowest BCUT2D eigenvalue weighted by atomic mass is 10.1. The fraction of sp³-hybridized carbons (Fsp3) is 1.00. The Hall–Kier alpha value is -0.0400. The molecule has 122 valence electrons. The number of hydrogen-bond donors (Lipinski definition) is 0.